The highest BCUT2D eigenvalue weighted by Gasteiger charge is 2.38. The zero-order valence-corrected chi connectivity index (χ0v) is 7.63. The van der Waals surface area contributed by atoms with Crippen molar-refractivity contribution in [1.82, 2.24) is 0 Å². The summed E-state index contributed by atoms with van der Waals surface area (Å²) < 4.78 is 22.2. The van der Waals surface area contributed by atoms with Crippen LogP contribution < -0.4 is 5.14 Å². The van der Waals surface area contributed by atoms with E-state index < -0.39 is 10.0 Å². The van der Waals surface area contributed by atoms with E-state index in [1.165, 1.54) is 0 Å². The Kier molecular flexibility index (Phi) is 1.77. The van der Waals surface area contributed by atoms with Crippen molar-refractivity contribution in [3.05, 3.63) is 12.2 Å². The van der Waals surface area contributed by atoms with Crippen molar-refractivity contribution in [3.8, 4) is 0 Å². The van der Waals surface area contributed by atoms with Crippen molar-refractivity contribution < 1.29 is 8.42 Å². The number of nitrogens with two attached hydrogens (primary N) is 1. The van der Waals surface area contributed by atoms with E-state index >= 15 is 0 Å². The van der Waals surface area contributed by atoms with E-state index in [-0.39, 0.29) is 11.2 Å². The average Bonchev–Trinajstić information content (AvgIpc) is 2.05. The summed E-state index contributed by atoms with van der Waals surface area (Å²) in [6.07, 6.45) is 7.01. The van der Waals surface area contributed by atoms with E-state index in [0.717, 1.165) is 19.3 Å². The number of primary sulfonamides is 1. The topological polar surface area (TPSA) is 60.2 Å². The maximum Gasteiger partial charge on any atom is 0.212 e. The van der Waals surface area contributed by atoms with Gasteiger partial charge in [0.1, 0.15) is 0 Å². The van der Waals surface area contributed by atoms with Crippen molar-refractivity contribution in [2.24, 2.45) is 17.0 Å². The van der Waals surface area contributed by atoms with Gasteiger partial charge in [-0.3, -0.25) is 0 Å². The Morgan fingerprint density at radius 2 is 2.00 bits per heavy atom. The van der Waals surface area contributed by atoms with E-state index in [1.807, 2.05) is 6.08 Å². The van der Waals surface area contributed by atoms with Gasteiger partial charge in [-0.15, -0.1) is 0 Å². The van der Waals surface area contributed by atoms with Gasteiger partial charge in [0, 0.05) is 0 Å². The third-order valence-electron chi connectivity index (χ3n) is 2.94. The van der Waals surface area contributed by atoms with E-state index in [1.54, 1.807) is 0 Å². The third-order valence-corrected chi connectivity index (χ3v) is 4.32. The normalized spacial score (nSPS) is 40.2. The first-order valence-electron chi connectivity index (χ1n) is 4.27. The number of hydrogen-bond acceptors (Lipinski definition) is 2. The summed E-state index contributed by atoms with van der Waals surface area (Å²) in [5.74, 6) is 0.642. The molecule has 3 atom stereocenters. The van der Waals surface area contributed by atoms with Crippen molar-refractivity contribution in [1.29, 1.82) is 0 Å². The predicted molar refractivity (Wildman–Crippen MR) is 46.9 cm³/mol. The highest BCUT2D eigenvalue weighted by atomic mass is 32.2. The second kappa shape index (κ2) is 2.57. The minimum absolute atomic E-state index is 0.185. The fourth-order valence-electron chi connectivity index (χ4n) is 2.26. The molecule has 4 heteroatoms. The smallest absolute Gasteiger partial charge is 0.212 e. The molecule has 0 radical (unpaired) electrons. The van der Waals surface area contributed by atoms with Crippen LogP contribution in [0, 0.1) is 11.8 Å². The molecule has 1 saturated carbocycles. The maximum absolute atomic E-state index is 11.1. The van der Waals surface area contributed by atoms with Gasteiger partial charge >= 0.3 is 0 Å². The monoisotopic (exact) mass is 187 g/mol. The lowest BCUT2D eigenvalue weighted by Crippen LogP contribution is -2.41. The quantitative estimate of drug-likeness (QED) is 0.612. The SMILES string of the molecule is NS(=O)(=O)[C@H]1C[C@H]2C=C[C@@H]1CC2. The Labute approximate surface area is 72.7 Å². The summed E-state index contributed by atoms with van der Waals surface area (Å²) in [5, 5.41) is 4.83. The van der Waals surface area contributed by atoms with Gasteiger partial charge in [0.2, 0.25) is 10.0 Å². The summed E-state index contributed by atoms with van der Waals surface area (Å²) in [6, 6.07) is 0. The van der Waals surface area contributed by atoms with Gasteiger partial charge in [0.15, 0.2) is 0 Å². The molecular weight excluding hydrogens is 174 g/mol. The van der Waals surface area contributed by atoms with Crippen LogP contribution >= 0.6 is 0 Å². The number of fused-ring (bicyclic) bond motifs is 2. The van der Waals surface area contributed by atoms with Gasteiger partial charge in [-0.25, -0.2) is 13.6 Å². The summed E-state index contributed by atoms with van der Waals surface area (Å²) in [6.45, 7) is 0. The van der Waals surface area contributed by atoms with Gasteiger partial charge in [-0.05, 0) is 31.1 Å². The van der Waals surface area contributed by atoms with Crippen molar-refractivity contribution in [2.45, 2.75) is 24.5 Å². The van der Waals surface area contributed by atoms with E-state index in [2.05, 4.69) is 6.08 Å². The molecule has 0 unspecified atom stereocenters. The summed E-state index contributed by atoms with van der Waals surface area (Å²) in [7, 11) is -3.31. The van der Waals surface area contributed by atoms with Gasteiger partial charge < -0.3 is 0 Å². The Morgan fingerprint density at radius 3 is 2.25 bits per heavy atom. The lowest BCUT2D eigenvalue weighted by atomic mass is 9.76. The number of rotatable bonds is 1. The van der Waals surface area contributed by atoms with Gasteiger partial charge in [-0.2, -0.15) is 0 Å². The molecule has 12 heavy (non-hydrogen) atoms. The molecule has 0 amide bonds. The molecule has 0 aliphatic heterocycles. The molecule has 2 N–H and O–H groups in total. The van der Waals surface area contributed by atoms with Crippen LogP contribution in [0.1, 0.15) is 19.3 Å². The minimum atomic E-state index is -3.31. The molecule has 0 spiro atoms. The number of hydrogen-bond donors (Lipinski definition) is 1. The van der Waals surface area contributed by atoms with E-state index in [0.29, 0.717) is 5.92 Å². The first-order valence-corrected chi connectivity index (χ1v) is 5.88. The molecule has 0 heterocycles. The van der Waals surface area contributed by atoms with Gasteiger partial charge in [-0.1, -0.05) is 12.2 Å². The van der Waals surface area contributed by atoms with Crippen LogP contribution in [0.25, 0.3) is 0 Å². The van der Waals surface area contributed by atoms with Crippen molar-refractivity contribution >= 4 is 10.0 Å². The van der Waals surface area contributed by atoms with Crippen LogP contribution in [0.4, 0.5) is 0 Å². The van der Waals surface area contributed by atoms with Crippen LogP contribution in [-0.2, 0) is 10.0 Å². The molecule has 0 aromatic rings. The van der Waals surface area contributed by atoms with Crippen LogP contribution in [-0.4, -0.2) is 13.7 Å². The molecule has 0 saturated heterocycles. The average molecular weight is 187 g/mol. The second-order valence-electron chi connectivity index (χ2n) is 3.75. The molecule has 68 valence electrons. The largest absolute Gasteiger partial charge is 0.228 e. The van der Waals surface area contributed by atoms with Crippen LogP contribution in [0.3, 0.4) is 0 Å². The molecule has 1 fully saturated rings. The van der Waals surface area contributed by atoms with E-state index in [4.69, 9.17) is 5.14 Å². The standard InChI is InChI=1S/C8H13NO2S/c9-12(10,11)8-5-6-1-3-7(8)4-2-6/h1,3,6-8H,2,4-5H2,(H2,9,10,11)/t6-,7+,8-/m0/s1. The molecule has 3 aliphatic rings. The Bertz CT molecular complexity index is 307. The lowest BCUT2D eigenvalue weighted by molar-refractivity contribution is 0.328. The summed E-state index contributed by atoms with van der Waals surface area (Å²) >= 11 is 0. The highest BCUT2D eigenvalue weighted by molar-refractivity contribution is 7.89. The van der Waals surface area contributed by atoms with Crippen LogP contribution in [0.15, 0.2) is 12.2 Å². The van der Waals surface area contributed by atoms with Gasteiger partial charge in [0.25, 0.3) is 0 Å². The molecular formula is C8H13NO2S. The lowest BCUT2D eigenvalue weighted by Gasteiger charge is -2.36. The minimum Gasteiger partial charge on any atom is -0.228 e. The summed E-state index contributed by atoms with van der Waals surface area (Å²) in [4.78, 5) is 0. The number of sulfonamides is 1. The third kappa shape index (κ3) is 1.29. The molecule has 2 bridgehead atoms. The first-order chi connectivity index (χ1) is 5.57. The second-order valence-corrected chi connectivity index (χ2v) is 5.53. The van der Waals surface area contributed by atoms with Crippen LogP contribution in [0.2, 0.25) is 0 Å². The summed E-state index contributed by atoms with van der Waals surface area (Å²) in [5.41, 5.74) is 0. The van der Waals surface area contributed by atoms with Crippen molar-refractivity contribution in [3.63, 3.8) is 0 Å². The fourth-order valence-corrected chi connectivity index (χ4v) is 3.49. The highest BCUT2D eigenvalue weighted by Crippen LogP contribution is 2.38. The number of allylic oxidation sites excluding steroid dienone is 2. The molecule has 0 aromatic heterocycles. The Morgan fingerprint density at radius 1 is 1.25 bits per heavy atom. The van der Waals surface area contributed by atoms with Gasteiger partial charge in [0.05, 0.1) is 5.25 Å². The Hall–Kier alpha value is -0.350. The molecule has 3 nitrogen and oxygen atoms in total. The fraction of sp³-hybridized carbons (Fsp3) is 0.750. The molecule has 0 aromatic carbocycles. The van der Waals surface area contributed by atoms with Crippen molar-refractivity contribution in [2.75, 3.05) is 0 Å². The maximum atomic E-state index is 11.1. The van der Waals surface area contributed by atoms with Crippen LogP contribution in [0.5, 0.6) is 0 Å². The molecule has 3 rings (SSSR count). The Balaban J connectivity index is 2.28. The van der Waals surface area contributed by atoms with E-state index in [9.17, 15) is 8.42 Å². The molecule has 3 aliphatic carbocycles. The zero-order valence-electron chi connectivity index (χ0n) is 6.81. The first kappa shape index (κ1) is 8.26. The zero-order chi connectivity index (χ0) is 8.77. The predicted octanol–water partition coefficient (Wildman–Crippen LogP) is 0.630.